The minimum Gasteiger partial charge on any atom is -0.481 e. The van der Waals surface area contributed by atoms with Gasteiger partial charge in [-0.05, 0) is 29.8 Å². The number of hydrogen-bond acceptors (Lipinski definition) is 6. The molecule has 10 heteroatoms. The van der Waals surface area contributed by atoms with E-state index >= 15 is 0 Å². The fraction of sp³-hybridized carbons (Fsp3) is 0.167. The molecule has 3 rings (SSSR count). The van der Waals surface area contributed by atoms with Gasteiger partial charge in [-0.25, -0.2) is 0 Å². The highest BCUT2D eigenvalue weighted by Crippen LogP contribution is 2.21. The number of rotatable bonds is 5. The van der Waals surface area contributed by atoms with E-state index in [1.165, 1.54) is 14.0 Å². The molecule has 144 valence electrons. The summed E-state index contributed by atoms with van der Waals surface area (Å²) < 4.78 is 6.74. The van der Waals surface area contributed by atoms with E-state index in [0.717, 1.165) is 21.7 Å². The largest absolute Gasteiger partial charge is 0.481 e. The predicted octanol–water partition coefficient (Wildman–Crippen LogP) is 1.71. The molecule has 1 heterocycles. The van der Waals surface area contributed by atoms with E-state index in [4.69, 9.17) is 4.74 Å². The Morgan fingerprint density at radius 3 is 2.61 bits per heavy atom. The summed E-state index contributed by atoms with van der Waals surface area (Å²) in [6.07, 6.45) is 0.183. The average Bonchev–Trinajstić information content (AvgIpc) is 3.08. The third-order valence-electron chi connectivity index (χ3n) is 3.92. The van der Waals surface area contributed by atoms with Gasteiger partial charge in [0.1, 0.15) is 11.9 Å². The molecule has 0 radical (unpaired) electrons. The van der Waals surface area contributed by atoms with Crippen LogP contribution in [0.2, 0.25) is 0 Å². The van der Waals surface area contributed by atoms with Crippen molar-refractivity contribution in [1.82, 2.24) is 20.6 Å². The minimum absolute atomic E-state index is 0.407. The van der Waals surface area contributed by atoms with Crippen molar-refractivity contribution in [2.24, 2.45) is 7.05 Å². The van der Waals surface area contributed by atoms with Crippen LogP contribution in [-0.4, -0.2) is 32.6 Å². The van der Waals surface area contributed by atoms with E-state index in [1.54, 1.807) is 12.1 Å². The number of ether oxygens (including phenoxy) is 1. The number of hydrogen-bond donors (Lipinski definition) is 2. The van der Waals surface area contributed by atoms with Gasteiger partial charge in [-0.2, -0.15) is 5.10 Å². The number of carbonyl (C=O) groups is 2. The van der Waals surface area contributed by atoms with Gasteiger partial charge in [-0.3, -0.25) is 35.2 Å². The molecule has 3 aromatic rings. The molecule has 0 spiro atoms. The second-order valence-corrected chi connectivity index (χ2v) is 6.01. The van der Waals surface area contributed by atoms with Crippen LogP contribution in [0.3, 0.4) is 0 Å². The Hall–Kier alpha value is -3.95. The van der Waals surface area contributed by atoms with Crippen molar-refractivity contribution in [1.29, 1.82) is 0 Å². The second-order valence-electron chi connectivity index (χ2n) is 6.01. The molecule has 0 saturated heterocycles. The maximum absolute atomic E-state index is 12.2. The quantitative estimate of drug-likeness (QED) is 0.510. The molecule has 28 heavy (non-hydrogen) atoms. The van der Waals surface area contributed by atoms with Gasteiger partial charge in [0.05, 0.1) is 4.92 Å². The van der Waals surface area contributed by atoms with Crippen LogP contribution in [-0.2, 0) is 11.8 Å². The summed E-state index contributed by atoms with van der Waals surface area (Å²) in [5, 5.41) is 16.7. The Morgan fingerprint density at radius 2 is 1.89 bits per heavy atom. The fourth-order valence-corrected chi connectivity index (χ4v) is 2.55. The van der Waals surface area contributed by atoms with Crippen molar-refractivity contribution in [3.05, 3.63) is 64.5 Å². The molecule has 0 aliphatic carbocycles. The van der Waals surface area contributed by atoms with Gasteiger partial charge in [0.15, 0.2) is 6.10 Å². The number of amides is 2. The van der Waals surface area contributed by atoms with Crippen LogP contribution in [0.15, 0.2) is 48.7 Å². The maximum atomic E-state index is 12.2. The van der Waals surface area contributed by atoms with E-state index < -0.39 is 34.2 Å². The first-order chi connectivity index (χ1) is 13.3. The number of nitrogens with zero attached hydrogens (tertiary/aromatic N) is 3. The van der Waals surface area contributed by atoms with Gasteiger partial charge in [0.25, 0.3) is 11.8 Å². The molecule has 1 aromatic heterocycles. The normalized spacial score (nSPS) is 11.6. The summed E-state index contributed by atoms with van der Waals surface area (Å²) in [7, 11) is 1.45. The number of aryl methyl sites for hydroxylation is 1. The predicted molar refractivity (Wildman–Crippen MR) is 99.5 cm³/mol. The standard InChI is InChI=1S/C18H17N5O5/c1-11(28-14-8-7-12-5-3-4-6-13(12)9-14)17(24)19-20-18(25)16-15(23(26)27)10-22(2)21-16/h3-11H,1-2H3,(H,19,24)(H,20,25). The third-order valence-corrected chi connectivity index (χ3v) is 3.92. The molecule has 0 bridgehead atoms. The highest BCUT2D eigenvalue weighted by Gasteiger charge is 2.25. The van der Waals surface area contributed by atoms with Crippen LogP contribution in [0.25, 0.3) is 10.8 Å². The lowest BCUT2D eigenvalue weighted by Gasteiger charge is -2.15. The Kier molecular flexibility index (Phi) is 5.21. The molecule has 0 aliphatic rings. The summed E-state index contributed by atoms with van der Waals surface area (Å²) in [6, 6.07) is 13.1. The highest BCUT2D eigenvalue weighted by molar-refractivity contribution is 5.97. The van der Waals surface area contributed by atoms with Gasteiger partial charge < -0.3 is 4.74 Å². The summed E-state index contributed by atoms with van der Waals surface area (Å²) in [4.78, 5) is 34.4. The van der Waals surface area contributed by atoms with Gasteiger partial charge in [0.2, 0.25) is 5.69 Å². The lowest BCUT2D eigenvalue weighted by molar-refractivity contribution is -0.385. The third kappa shape index (κ3) is 4.06. The number of fused-ring (bicyclic) bond motifs is 1. The highest BCUT2D eigenvalue weighted by atomic mass is 16.6. The molecular weight excluding hydrogens is 366 g/mol. The monoisotopic (exact) mass is 383 g/mol. The van der Waals surface area contributed by atoms with Crippen LogP contribution in [0.4, 0.5) is 5.69 Å². The number of hydrazine groups is 1. The van der Waals surface area contributed by atoms with E-state index in [-0.39, 0.29) is 0 Å². The second kappa shape index (κ2) is 7.74. The number of benzene rings is 2. The van der Waals surface area contributed by atoms with Crippen LogP contribution in [0.1, 0.15) is 17.4 Å². The summed E-state index contributed by atoms with van der Waals surface area (Å²) >= 11 is 0. The Balaban J connectivity index is 1.61. The maximum Gasteiger partial charge on any atom is 0.320 e. The van der Waals surface area contributed by atoms with Crippen molar-refractivity contribution in [2.45, 2.75) is 13.0 Å². The van der Waals surface area contributed by atoms with E-state index in [2.05, 4.69) is 16.0 Å². The van der Waals surface area contributed by atoms with E-state index in [0.29, 0.717) is 5.75 Å². The molecule has 2 amide bonds. The summed E-state index contributed by atoms with van der Waals surface area (Å²) in [5.74, 6) is -1.04. The lowest BCUT2D eigenvalue weighted by Crippen LogP contribution is -2.47. The number of aromatic nitrogens is 2. The van der Waals surface area contributed by atoms with E-state index in [9.17, 15) is 19.7 Å². The molecule has 10 nitrogen and oxygen atoms in total. The Morgan fingerprint density at radius 1 is 1.18 bits per heavy atom. The average molecular weight is 383 g/mol. The number of carbonyl (C=O) groups excluding carboxylic acids is 2. The number of nitrogens with one attached hydrogen (secondary N) is 2. The summed E-state index contributed by atoms with van der Waals surface area (Å²) in [6.45, 7) is 1.51. The first-order valence-electron chi connectivity index (χ1n) is 8.29. The molecule has 1 atom stereocenters. The van der Waals surface area contributed by atoms with Crippen LogP contribution in [0, 0.1) is 10.1 Å². The van der Waals surface area contributed by atoms with Gasteiger partial charge >= 0.3 is 5.69 Å². The SMILES string of the molecule is CC(Oc1ccc2ccccc2c1)C(=O)NNC(=O)c1nn(C)cc1[N+](=O)[O-]. The van der Waals surface area contributed by atoms with E-state index in [1.807, 2.05) is 30.3 Å². The van der Waals surface area contributed by atoms with Crippen molar-refractivity contribution in [3.8, 4) is 5.75 Å². The molecule has 2 aromatic carbocycles. The van der Waals surface area contributed by atoms with Crippen LogP contribution in [0.5, 0.6) is 5.75 Å². The topological polar surface area (TPSA) is 128 Å². The zero-order valence-corrected chi connectivity index (χ0v) is 15.1. The fourth-order valence-electron chi connectivity index (χ4n) is 2.55. The number of nitro groups is 1. The smallest absolute Gasteiger partial charge is 0.320 e. The van der Waals surface area contributed by atoms with Crippen molar-refractivity contribution < 1.29 is 19.2 Å². The van der Waals surface area contributed by atoms with Crippen LogP contribution >= 0.6 is 0 Å². The van der Waals surface area contributed by atoms with Crippen LogP contribution < -0.4 is 15.6 Å². The van der Waals surface area contributed by atoms with Crippen molar-refractivity contribution in [2.75, 3.05) is 0 Å². The lowest BCUT2D eigenvalue weighted by atomic mass is 10.1. The van der Waals surface area contributed by atoms with Gasteiger partial charge in [-0.15, -0.1) is 0 Å². The Labute approximate surface area is 159 Å². The molecule has 2 N–H and O–H groups in total. The van der Waals surface area contributed by atoms with Gasteiger partial charge in [0, 0.05) is 7.05 Å². The van der Waals surface area contributed by atoms with Gasteiger partial charge in [-0.1, -0.05) is 30.3 Å². The molecular formula is C18H17N5O5. The minimum atomic E-state index is -0.916. The Bertz CT molecular complexity index is 1060. The van der Waals surface area contributed by atoms with Crippen molar-refractivity contribution in [3.63, 3.8) is 0 Å². The zero-order valence-electron chi connectivity index (χ0n) is 15.1. The zero-order chi connectivity index (χ0) is 20.3. The first-order valence-corrected chi connectivity index (χ1v) is 8.29. The molecule has 0 saturated carbocycles. The molecule has 1 unspecified atom stereocenters. The molecule has 0 fully saturated rings. The first kappa shape index (κ1) is 18.8. The summed E-state index contributed by atoms with van der Waals surface area (Å²) in [5.41, 5.74) is 3.41. The molecule has 0 aliphatic heterocycles. The van der Waals surface area contributed by atoms with Crippen molar-refractivity contribution >= 4 is 28.3 Å².